The Bertz CT molecular complexity index is 1360. The van der Waals surface area contributed by atoms with Crippen molar-refractivity contribution < 1.29 is 17.9 Å². The summed E-state index contributed by atoms with van der Waals surface area (Å²) in [5.41, 5.74) is 0.984. The van der Waals surface area contributed by atoms with Gasteiger partial charge < -0.3 is 9.64 Å². The minimum Gasteiger partial charge on any atom is -0.402 e. The molecule has 0 bridgehead atoms. The summed E-state index contributed by atoms with van der Waals surface area (Å²) >= 11 is 0. The maximum atomic E-state index is 12.9. The average Bonchev–Trinajstić information content (AvgIpc) is 3.04. The number of hydrogen-bond acceptors (Lipinski definition) is 6. The molecule has 1 fully saturated rings. The second-order valence-corrected chi connectivity index (χ2v) is 9.89. The lowest BCUT2D eigenvalue weighted by Crippen LogP contribution is -2.34. The molecule has 0 atom stereocenters. The highest BCUT2D eigenvalue weighted by molar-refractivity contribution is 7.89. The van der Waals surface area contributed by atoms with Crippen LogP contribution in [0.15, 0.2) is 94.6 Å². The van der Waals surface area contributed by atoms with Gasteiger partial charge in [0.15, 0.2) is 5.70 Å². The lowest BCUT2D eigenvalue weighted by Gasteiger charge is -2.20. The highest BCUT2D eigenvalue weighted by Gasteiger charge is 2.29. The number of sulfonamides is 1. The van der Waals surface area contributed by atoms with Gasteiger partial charge in [0.2, 0.25) is 15.9 Å². The van der Waals surface area contributed by atoms with Crippen LogP contribution in [0.1, 0.15) is 12.0 Å². The van der Waals surface area contributed by atoms with Crippen LogP contribution in [0.25, 0.3) is 10.8 Å². The largest absolute Gasteiger partial charge is 0.402 e. The summed E-state index contributed by atoms with van der Waals surface area (Å²) in [4.78, 5) is 19.2. The SMILES string of the molecule is O=C1OC(c2cccc3ccccc23)=NC1=CN1CCCN(S(=O)(=O)c2ccccc2)CC1. The number of esters is 1. The Hall–Kier alpha value is -3.49. The summed E-state index contributed by atoms with van der Waals surface area (Å²) in [6.45, 7) is 1.83. The minimum atomic E-state index is -3.55. The van der Waals surface area contributed by atoms with Crippen LogP contribution in [0, 0.1) is 0 Å². The molecule has 33 heavy (non-hydrogen) atoms. The Morgan fingerprint density at radius 3 is 2.45 bits per heavy atom. The lowest BCUT2D eigenvalue weighted by molar-refractivity contribution is -0.130. The van der Waals surface area contributed by atoms with Crippen LogP contribution in [0.3, 0.4) is 0 Å². The van der Waals surface area contributed by atoms with Crippen molar-refractivity contribution in [2.45, 2.75) is 11.3 Å². The molecule has 0 saturated carbocycles. The van der Waals surface area contributed by atoms with Gasteiger partial charge >= 0.3 is 5.97 Å². The first-order valence-electron chi connectivity index (χ1n) is 10.8. The number of cyclic esters (lactones) is 1. The molecule has 5 rings (SSSR count). The Labute approximate surface area is 192 Å². The van der Waals surface area contributed by atoms with E-state index in [0.29, 0.717) is 37.5 Å². The fourth-order valence-electron chi connectivity index (χ4n) is 4.12. The van der Waals surface area contributed by atoms with Gasteiger partial charge in [0.1, 0.15) is 0 Å². The van der Waals surface area contributed by atoms with E-state index in [1.165, 1.54) is 4.31 Å². The molecule has 3 aromatic rings. The quantitative estimate of drug-likeness (QED) is 0.440. The highest BCUT2D eigenvalue weighted by Crippen LogP contribution is 2.24. The summed E-state index contributed by atoms with van der Waals surface area (Å²) in [5.74, 6) is -0.220. The first-order valence-corrected chi connectivity index (χ1v) is 12.3. The first kappa shape index (κ1) is 21.4. The van der Waals surface area contributed by atoms with Gasteiger partial charge in [0, 0.05) is 37.9 Å². The number of rotatable bonds is 4. The monoisotopic (exact) mass is 461 g/mol. The number of fused-ring (bicyclic) bond motifs is 1. The van der Waals surface area contributed by atoms with E-state index in [0.717, 1.165) is 16.3 Å². The molecule has 7 nitrogen and oxygen atoms in total. The molecular formula is C25H23N3O4S. The predicted molar refractivity (Wildman–Crippen MR) is 126 cm³/mol. The van der Waals surface area contributed by atoms with Crippen molar-refractivity contribution in [3.05, 3.63) is 90.3 Å². The summed E-state index contributed by atoms with van der Waals surface area (Å²) in [5, 5.41) is 2.00. The van der Waals surface area contributed by atoms with Gasteiger partial charge in [-0.05, 0) is 35.4 Å². The number of ether oxygens (including phenoxy) is 1. The number of aliphatic imine (C=N–C) groups is 1. The Morgan fingerprint density at radius 2 is 1.61 bits per heavy atom. The molecule has 1 saturated heterocycles. The molecule has 0 radical (unpaired) electrons. The highest BCUT2D eigenvalue weighted by atomic mass is 32.2. The number of carbonyl (C=O) groups is 1. The summed E-state index contributed by atoms with van der Waals surface area (Å²) in [6, 6.07) is 22.1. The van der Waals surface area contributed by atoms with Crippen LogP contribution >= 0.6 is 0 Å². The average molecular weight is 462 g/mol. The Morgan fingerprint density at radius 1 is 0.848 bits per heavy atom. The van der Waals surface area contributed by atoms with Crippen LogP contribution in [0.4, 0.5) is 0 Å². The van der Waals surface area contributed by atoms with Crippen LogP contribution in [0.2, 0.25) is 0 Å². The second-order valence-electron chi connectivity index (χ2n) is 7.95. The van der Waals surface area contributed by atoms with Crippen molar-refractivity contribution in [2.75, 3.05) is 26.2 Å². The molecule has 0 aliphatic carbocycles. The van der Waals surface area contributed by atoms with Gasteiger partial charge in [-0.3, -0.25) is 0 Å². The molecule has 3 aromatic carbocycles. The molecule has 2 aliphatic heterocycles. The Balaban J connectivity index is 1.35. The van der Waals surface area contributed by atoms with Crippen molar-refractivity contribution in [2.24, 2.45) is 4.99 Å². The molecule has 2 aliphatic rings. The van der Waals surface area contributed by atoms with E-state index in [2.05, 4.69) is 4.99 Å². The molecule has 0 aromatic heterocycles. The van der Waals surface area contributed by atoms with Crippen molar-refractivity contribution in [1.82, 2.24) is 9.21 Å². The summed E-state index contributed by atoms with van der Waals surface area (Å²) in [7, 11) is -3.55. The van der Waals surface area contributed by atoms with E-state index in [9.17, 15) is 13.2 Å². The maximum Gasteiger partial charge on any atom is 0.365 e. The predicted octanol–water partition coefficient (Wildman–Crippen LogP) is 3.38. The zero-order chi connectivity index (χ0) is 22.8. The van der Waals surface area contributed by atoms with Crippen molar-refractivity contribution in [1.29, 1.82) is 0 Å². The van der Waals surface area contributed by atoms with E-state index in [-0.39, 0.29) is 11.6 Å². The van der Waals surface area contributed by atoms with Gasteiger partial charge in [-0.1, -0.05) is 54.6 Å². The van der Waals surface area contributed by atoms with E-state index in [4.69, 9.17) is 4.74 Å². The third kappa shape index (κ3) is 4.27. The molecule has 168 valence electrons. The fourth-order valence-corrected chi connectivity index (χ4v) is 5.61. The standard InChI is InChI=1S/C25H23N3O4S/c29-25-23(26-24(32-25)22-13-6-9-19-8-4-5-12-21(19)22)18-27-14-7-15-28(17-16-27)33(30,31)20-10-2-1-3-11-20/h1-6,8-13,18H,7,14-17H2. The molecule has 2 heterocycles. The second kappa shape index (κ2) is 8.80. The topological polar surface area (TPSA) is 79.3 Å². The number of nitrogens with zero attached hydrogens (tertiary/aromatic N) is 3. The summed E-state index contributed by atoms with van der Waals surface area (Å²) in [6.07, 6.45) is 2.32. The van der Waals surface area contributed by atoms with E-state index in [1.807, 2.05) is 47.4 Å². The van der Waals surface area contributed by atoms with Crippen molar-refractivity contribution >= 4 is 32.7 Å². The molecule has 8 heteroatoms. The smallest absolute Gasteiger partial charge is 0.365 e. The van der Waals surface area contributed by atoms with Crippen LogP contribution in [-0.2, 0) is 19.6 Å². The van der Waals surface area contributed by atoms with Crippen LogP contribution < -0.4 is 0 Å². The van der Waals surface area contributed by atoms with E-state index in [1.54, 1.807) is 36.5 Å². The number of benzene rings is 3. The molecule has 0 N–H and O–H groups in total. The van der Waals surface area contributed by atoms with Gasteiger partial charge in [-0.15, -0.1) is 0 Å². The van der Waals surface area contributed by atoms with Crippen molar-refractivity contribution in [3.8, 4) is 0 Å². The van der Waals surface area contributed by atoms with Gasteiger partial charge in [-0.25, -0.2) is 18.2 Å². The molecular weight excluding hydrogens is 438 g/mol. The summed E-state index contributed by atoms with van der Waals surface area (Å²) < 4.78 is 32.9. The van der Waals surface area contributed by atoms with Crippen LogP contribution in [-0.4, -0.2) is 55.7 Å². The van der Waals surface area contributed by atoms with E-state index < -0.39 is 16.0 Å². The fraction of sp³-hybridized carbons (Fsp3) is 0.200. The van der Waals surface area contributed by atoms with Crippen molar-refractivity contribution in [3.63, 3.8) is 0 Å². The molecule has 0 unspecified atom stereocenters. The minimum absolute atomic E-state index is 0.220. The molecule has 0 amide bonds. The first-order chi connectivity index (χ1) is 16.0. The normalized spacial score (nSPS) is 18.9. The zero-order valence-electron chi connectivity index (χ0n) is 17.9. The Kier molecular flexibility index (Phi) is 5.70. The lowest BCUT2D eigenvalue weighted by atomic mass is 10.0. The third-order valence-corrected chi connectivity index (χ3v) is 7.73. The van der Waals surface area contributed by atoms with Gasteiger partial charge in [0.05, 0.1) is 4.90 Å². The molecule has 0 spiro atoms. The van der Waals surface area contributed by atoms with Gasteiger partial charge in [0.25, 0.3) is 0 Å². The van der Waals surface area contributed by atoms with E-state index >= 15 is 0 Å². The van der Waals surface area contributed by atoms with Crippen LogP contribution in [0.5, 0.6) is 0 Å². The number of carbonyl (C=O) groups excluding carboxylic acids is 1. The van der Waals surface area contributed by atoms with Gasteiger partial charge in [-0.2, -0.15) is 4.31 Å². The maximum absolute atomic E-state index is 12.9. The zero-order valence-corrected chi connectivity index (χ0v) is 18.7. The number of hydrogen-bond donors (Lipinski definition) is 0. The third-order valence-electron chi connectivity index (χ3n) is 5.82.